The first-order chi connectivity index (χ1) is 11.6. The number of fused-ring (bicyclic) bond motifs is 1. The molecule has 1 unspecified atom stereocenters. The summed E-state index contributed by atoms with van der Waals surface area (Å²) >= 11 is 0. The van der Waals surface area contributed by atoms with Crippen LogP contribution in [-0.2, 0) is 24.2 Å². The molecule has 1 aliphatic rings. The molecule has 6 nitrogen and oxygen atoms in total. The first kappa shape index (κ1) is 18.5. The second-order valence-corrected chi connectivity index (χ2v) is 5.93. The van der Waals surface area contributed by atoms with Crippen molar-refractivity contribution in [2.75, 3.05) is 26.9 Å². The van der Waals surface area contributed by atoms with Crippen LogP contribution < -0.4 is 10.1 Å². The minimum absolute atomic E-state index is 0.111. The second kappa shape index (κ2) is 8.89. The molecule has 6 heteroatoms. The van der Waals surface area contributed by atoms with Crippen molar-refractivity contribution in [1.82, 2.24) is 10.2 Å². The van der Waals surface area contributed by atoms with Gasteiger partial charge < -0.3 is 24.8 Å². The molecular formula is C18H28N2O4. The average Bonchev–Trinajstić information content (AvgIpc) is 2.60. The van der Waals surface area contributed by atoms with E-state index in [9.17, 15) is 4.79 Å². The summed E-state index contributed by atoms with van der Waals surface area (Å²) in [4.78, 5) is 14.0. The van der Waals surface area contributed by atoms with Crippen LogP contribution in [0.1, 0.15) is 37.0 Å². The summed E-state index contributed by atoms with van der Waals surface area (Å²) in [5.41, 5.74) is 3.43. The van der Waals surface area contributed by atoms with Gasteiger partial charge in [-0.2, -0.15) is 0 Å². The van der Waals surface area contributed by atoms with E-state index in [1.54, 1.807) is 7.11 Å². The van der Waals surface area contributed by atoms with Crippen LogP contribution >= 0.6 is 0 Å². The van der Waals surface area contributed by atoms with E-state index in [-0.39, 0.29) is 18.7 Å². The lowest BCUT2D eigenvalue weighted by molar-refractivity contribution is 0.0813. The molecule has 0 fully saturated rings. The molecule has 24 heavy (non-hydrogen) atoms. The highest BCUT2D eigenvalue weighted by Crippen LogP contribution is 2.31. The van der Waals surface area contributed by atoms with Gasteiger partial charge in [-0.15, -0.1) is 0 Å². The van der Waals surface area contributed by atoms with Gasteiger partial charge >= 0.3 is 6.09 Å². The Morgan fingerprint density at radius 2 is 2.17 bits per heavy atom. The van der Waals surface area contributed by atoms with Crippen LogP contribution in [0, 0.1) is 0 Å². The van der Waals surface area contributed by atoms with Crippen LogP contribution in [0.3, 0.4) is 0 Å². The summed E-state index contributed by atoms with van der Waals surface area (Å²) in [6.07, 6.45) is 1.46. The molecule has 0 spiro atoms. The molecule has 0 saturated heterocycles. The fraction of sp³-hybridized carbons (Fsp3) is 0.611. The molecule has 134 valence electrons. The second-order valence-electron chi connectivity index (χ2n) is 5.93. The minimum atomic E-state index is -0.248. The number of ether oxygens (including phenoxy) is 2. The number of rotatable bonds is 7. The number of carbonyl (C=O) groups excluding carboxylic acids is 1. The van der Waals surface area contributed by atoms with Gasteiger partial charge in [0, 0.05) is 31.2 Å². The zero-order chi connectivity index (χ0) is 17.5. The summed E-state index contributed by atoms with van der Waals surface area (Å²) in [7, 11) is 1.65. The molecule has 1 amide bonds. The topological polar surface area (TPSA) is 71.0 Å². The van der Waals surface area contributed by atoms with E-state index >= 15 is 0 Å². The lowest BCUT2D eigenvalue weighted by Gasteiger charge is -2.36. The fourth-order valence-electron chi connectivity index (χ4n) is 3.15. The first-order valence-electron chi connectivity index (χ1n) is 8.58. The summed E-state index contributed by atoms with van der Waals surface area (Å²) in [6.45, 7) is 6.16. The summed E-state index contributed by atoms with van der Waals surface area (Å²) < 4.78 is 10.7. The van der Waals surface area contributed by atoms with E-state index in [0.717, 1.165) is 29.7 Å². The normalized spacial score (nSPS) is 16.7. The number of hydrogen-bond acceptors (Lipinski definition) is 5. The number of benzene rings is 1. The van der Waals surface area contributed by atoms with Gasteiger partial charge in [0.1, 0.15) is 5.75 Å². The van der Waals surface area contributed by atoms with Gasteiger partial charge in [0.05, 0.1) is 20.3 Å². The Hall–Kier alpha value is -1.79. The molecular weight excluding hydrogens is 308 g/mol. The van der Waals surface area contributed by atoms with E-state index in [4.69, 9.17) is 14.6 Å². The van der Waals surface area contributed by atoms with E-state index in [1.807, 2.05) is 17.9 Å². The molecule has 1 heterocycles. The van der Waals surface area contributed by atoms with Crippen LogP contribution in [0.2, 0.25) is 0 Å². The fourth-order valence-corrected chi connectivity index (χ4v) is 3.15. The average molecular weight is 336 g/mol. The van der Waals surface area contributed by atoms with Gasteiger partial charge in [0.2, 0.25) is 0 Å². The molecule has 1 aromatic carbocycles. The monoisotopic (exact) mass is 336 g/mol. The van der Waals surface area contributed by atoms with E-state index in [0.29, 0.717) is 26.2 Å². The van der Waals surface area contributed by atoms with Crippen LogP contribution in [0.25, 0.3) is 0 Å². The van der Waals surface area contributed by atoms with Crippen LogP contribution in [0.5, 0.6) is 5.75 Å². The van der Waals surface area contributed by atoms with E-state index in [1.165, 1.54) is 5.56 Å². The van der Waals surface area contributed by atoms with Crippen molar-refractivity contribution in [3.63, 3.8) is 0 Å². The number of aliphatic hydroxyl groups is 1. The van der Waals surface area contributed by atoms with Crippen LogP contribution in [0.15, 0.2) is 12.1 Å². The third kappa shape index (κ3) is 4.19. The molecule has 1 aromatic rings. The third-order valence-corrected chi connectivity index (χ3v) is 4.42. The predicted octanol–water partition coefficient (Wildman–Crippen LogP) is 2.07. The first-order valence-corrected chi connectivity index (χ1v) is 8.58. The predicted molar refractivity (Wildman–Crippen MR) is 92.1 cm³/mol. The number of hydrogen-bond donors (Lipinski definition) is 2. The molecule has 0 aromatic heterocycles. The lowest BCUT2D eigenvalue weighted by Crippen LogP contribution is -2.44. The largest absolute Gasteiger partial charge is 0.496 e. The Bertz CT molecular complexity index is 562. The van der Waals surface area contributed by atoms with Gasteiger partial charge in [0.25, 0.3) is 0 Å². The van der Waals surface area contributed by atoms with E-state index < -0.39 is 0 Å². The van der Waals surface area contributed by atoms with Gasteiger partial charge in [-0.3, -0.25) is 0 Å². The zero-order valence-corrected chi connectivity index (χ0v) is 14.8. The summed E-state index contributed by atoms with van der Waals surface area (Å²) in [5.74, 6) is 0.804. The highest BCUT2D eigenvalue weighted by atomic mass is 16.6. The van der Waals surface area contributed by atoms with Crippen LogP contribution in [0.4, 0.5) is 4.79 Å². The van der Waals surface area contributed by atoms with Crippen LogP contribution in [-0.4, -0.2) is 49.0 Å². The summed E-state index contributed by atoms with van der Waals surface area (Å²) in [5, 5.41) is 12.1. The van der Waals surface area contributed by atoms with Crippen molar-refractivity contribution >= 4 is 6.09 Å². The smallest absolute Gasteiger partial charge is 0.410 e. The van der Waals surface area contributed by atoms with Crippen molar-refractivity contribution < 1.29 is 19.4 Å². The van der Waals surface area contributed by atoms with Gasteiger partial charge in [-0.1, -0.05) is 13.0 Å². The maximum absolute atomic E-state index is 12.2. The standard InChI is InChI=1S/C18H28N2O4/c1-4-16-9-13-8-14(11-19-6-7-21)17(23-3)10-15(13)12-20(16)18(22)24-5-2/h8,10,16,19,21H,4-7,9,11-12H2,1-3H3. The molecule has 0 saturated carbocycles. The Kier molecular flexibility index (Phi) is 6.87. The third-order valence-electron chi connectivity index (χ3n) is 4.42. The van der Waals surface area contributed by atoms with Crippen molar-refractivity contribution in [2.24, 2.45) is 0 Å². The highest BCUT2D eigenvalue weighted by Gasteiger charge is 2.30. The molecule has 0 radical (unpaired) electrons. The highest BCUT2D eigenvalue weighted by molar-refractivity contribution is 5.69. The van der Waals surface area contributed by atoms with E-state index in [2.05, 4.69) is 18.3 Å². The maximum Gasteiger partial charge on any atom is 0.410 e. The number of nitrogens with zero attached hydrogens (tertiary/aromatic N) is 1. The molecule has 0 aliphatic carbocycles. The SMILES string of the molecule is CCOC(=O)N1Cc2cc(OC)c(CNCCO)cc2CC1CC. The molecule has 2 N–H and O–H groups in total. The van der Waals surface area contributed by atoms with Crippen molar-refractivity contribution in [2.45, 2.75) is 45.8 Å². The maximum atomic E-state index is 12.2. The Labute approximate surface area is 143 Å². The van der Waals surface area contributed by atoms with Crippen molar-refractivity contribution in [3.8, 4) is 5.75 Å². The number of nitrogens with one attached hydrogen (secondary N) is 1. The Morgan fingerprint density at radius 1 is 1.38 bits per heavy atom. The molecule has 1 atom stereocenters. The Morgan fingerprint density at radius 3 is 2.79 bits per heavy atom. The van der Waals surface area contributed by atoms with Gasteiger partial charge in [-0.25, -0.2) is 4.79 Å². The minimum Gasteiger partial charge on any atom is -0.496 e. The number of carbonyl (C=O) groups is 1. The quantitative estimate of drug-likeness (QED) is 0.746. The van der Waals surface area contributed by atoms with Gasteiger partial charge in [-0.05, 0) is 37.0 Å². The lowest BCUT2D eigenvalue weighted by atomic mass is 9.91. The zero-order valence-electron chi connectivity index (χ0n) is 14.8. The number of methoxy groups -OCH3 is 1. The number of amides is 1. The molecule has 0 bridgehead atoms. The Balaban J connectivity index is 2.25. The summed E-state index contributed by atoms with van der Waals surface area (Å²) in [6, 6.07) is 4.33. The van der Waals surface area contributed by atoms with Crippen molar-refractivity contribution in [3.05, 3.63) is 28.8 Å². The van der Waals surface area contributed by atoms with Gasteiger partial charge in [0.15, 0.2) is 0 Å². The van der Waals surface area contributed by atoms with Crippen molar-refractivity contribution in [1.29, 1.82) is 0 Å². The molecule has 2 rings (SSSR count). The number of aliphatic hydroxyl groups excluding tert-OH is 1. The molecule has 1 aliphatic heterocycles.